The van der Waals surface area contributed by atoms with Crippen molar-refractivity contribution in [2.75, 3.05) is 0 Å². The number of carbonyl (C=O) groups is 1. The Morgan fingerprint density at radius 3 is 2.44 bits per heavy atom. The Balaban J connectivity index is 1.77. The van der Waals surface area contributed by atoms with Gasteiger partial charge < -0.3 is 10.1 Å². The Hall–Kier alpha value is -2.99. The molecule has 1 N–H and O–H groups in total. The van der Waals surface area contributed by atoms with Crippen LogP contribution in [0.3, 0.4) is 0 Å². The molecule has 3 aromatic rings. The fourth-order valence-corrected chi connectivity index (χ4v) is 3.40. The molecule has 138 valence electrons. The molecule has 0 saturated carbocycles. The van der Waals surface area contributed by atoms with Crippen molar-refractivity contribution in [3.8, 4) is 5.75 Å². The fraction of sp³-hybridized carbons (Fsp3) is 0.0952. The van der Waals surface area contributed by atoms with E-state index < -0.39 is 6.61 Å². The summed E-state index contributed by atoms with van der Waals surface area (Å²) in [7, 11) is 0. The number of para-hydroxylation sites is 1. The average Bonchev–Trinajstić information content (AvgIpc) is 3.20. The minimum Gasteiger partial charge on any atom is -0.434 e. The molecule has 6 heteroatoms. The van der Waals surface area contributed by atoms with Crippen molar-refractivity contribution in [3.05, 3.63) is 94.2 Å². The average molecular weight is 385 g/mol. The van der Waals surface area contributed by atoms with Gasteiger partial charge in [0.25, 0.3) is 0 Å². The summed E-state index contributed by atoms with van der Waals surface area (Å²) in [5.74, 6) is -0.307. The van der Waals surface area contributed by atoms with Crippen LogP contribution in [0.1, 0.15) is 22.0 Å². The largest absolute Gasteiger partial charge is 0.434 e. The van der Waals surface area contributed by atoms with Crippen LogP contribution in [0.2, 0.25) is 0 Å². The van der Waals surface area contributed by atoms with Crippen molar-refractivity contribution in [2.45, 2.75) is 12.7 Å². The molecule has 0 aliphatic carbocycles. The molecule has 0 bridgehead atoms. The predicted molar refractivity (Wildman–Crippen MR) is 103 cm³/mol. The number of nitrogens with one attached hydrogen (secondary N) is 1. The maximum Gasteiger partial charge on any atom is 0.387 e. The van der Waals surface area contributed by atoms with Gasteiger partial charge in [0.1, 0.15) is 5.75 Å². The van der Waals surface area contributed by atoms with Crippen LogP contribution >= 0.6 is 11.3 Å². The normalized spacial score (nSPS) is 12.3. The van der Waals surface area contributed by atoms with E-state index in [1.165, 1.54) is 18.2 Å². The van der Waals surface area contributed by atoms with Crippen LogP contribution in [-0.2, 0) is 4.79 Å². The Morgan fingerprint density at radius 1 is 1.00 bits per heavy atom. The number of hydrogen-bond acceptors (Lipinski definition) is 3. The smallest absolute Gasteiger partial charge is 0.387 e. The van der Waals surface area contributed by atoms with Crippen molar-refractivity contribution in [2.24, 2.45) is 0 Å². The summed E-state index contributed by atoms with van der Waals surface area (Å²) in [4.78, 5) is 13.5. The molecule has 1 heterocycles. The maximum absolute atomic E-state index is 12.5. The second-order valence-corrected chi connectivity index (χ2v) is 6.60. The van der Waals surface area contributed by atoms with Crippen molar-refractivity contribution in [1.82, 2.24) is 5.32 Å². The summed E-state index contributed by atoms with van der Waals surface area (Å²) in [5.41, 5.74) is 1.36. The quantitative estimate of drug-likeness (QED) is 0.563. The Morgan fingerprint density at radius 2 is 1.74 bits per heavy atom. The number of carbonyl (C=O) groups excluding carboxylic acids is 1. The summed E-state index contributed by atoms with van der Waals surface area (Å²) in [5, 5.41) is 4.91. The molecule has 3 nitrogen and oxygen atoms in total. The van der Waals surface area contributed by atoms with Gasteiger partial charge in [-0.25, -0.2) is 0 Å². The van der Waals surface area contributed by atoms with Crippen molar-refractivity contribution < 1.29 is 18.3 Å². The van der Waals surface area contributed by atoms with Gasteiger partial charge in [-0.05, 0) is 29.2 Å². The molecule has 1 atom stereocenters. The zero-order valence-electron chi connectivity index (χ0n) is 14.2. The topological polar surface area (TPSA) is 38.3 Å². The molecule has 0 aliphatic heterocycles. The summed E-state index contributed by atoms with van der Waals surface area (Å²) in [6.45, 7) is -2.92. The van der Waals surface area contributed by atoms with Crippen LogP contribution in [0.15, 0.2) is 78.2 Å². The van der Waals surface area contributed by atoms with Crippen LogP contribution in [0, 0.1) is 0 Å². The van der Waals surface area contributed by atoms with Crippen LogP contribution in [-0.4, -0.2) is 12.5 Å². The van der Waals surface area contributed by atoms with E-state index in [2.05, 4.69) is 10.1 Å². The molecule has 27 heavy (non-hydrogen) atoms. The number of rotatable bonds is 7. The first-order chi connectivity index (χ1) is 13.1. The first-order valence-corrected chi connectivity index (χ1v) is 9.12. The third-order valence-corrected chi connectivity index (χ3v) is 4.73. The van der Waals surface area contributed by atoms with Gasteiger partial charge in [0.15, 0.2) is 0 Å². The lowest BCUT2D eigenvalue weighted by molar-refractivity contribution is -0.116. The second kappa shape index (κ2) is 9.09. The lowest BCUT2D eigenvalue weighted by Crippen LogP contribution is -2.27. The van der Waals surface area contributed by atoms with Gasteiger partial charge in [-0.2, -0.15) is 8.78 Å². The van der Waals surface area contributed by atoms with Gasteiger partial charge in [-0.3, -0.25) is 4.79 Å². The standard InChI is InChI=1S/C21H17F2NO2S/c22-21(23)26-17-10-5-4-7-15(17)12-13-19(25)24-20(18-11-6-14-27-18)16-8-2-1-3-9-16/h1-14,20-21H,(H,24,25)/b13-12+. The van der Waals surface area contributed by atoms with Gasteiger partial charge in [0, 0.05) is 16.5 Å². The molecular formula is C21H17F2NO2S. The van der Waals surface area contributed by atoms with Gasteiger partial charge in [-0.15, -0.1) is 11.3 Å². The second-order valence-electron chi connectivity index (χ2n) is 5.62. The number of benzene rings is 2. The maximum atomic E-state index is 12.5. The van der Waals surface area contributed by atoms with E-state index >= 15 is 0 Å². The van der Waals surface area contributed by atoms with E-state index in [1.54, 1.807) is 29.5 Å². The summed E-state index contributed by atoms with van der Waals surface area (Å²) in [6.07, 6.45) is 2.78. The van der Waals surface area contributed by atoms with E-state index in [0.29, 0.717) is 5.56 Å². The van der Waals surface area contributed by atoms with Crippen molar-refractivity contribution in [1.29, 1.82) is 0 Å². The first-order valence-electron chi connectivity index (χ1n) is 8.24. The van der Waals surface area contributed by atoms with Crippen molar-refractivity contribution in [3.63, 3.8) is 0 Å². The molecule has 1 aromatic heterocycles. The molecular weight excluding hydrogens is 368 g/mol. The van der Waals surface area contributed by atoms with E-state index in [9.17, 15) is 13.6 Å². The molecule has 0 fully saturated rings. The molecule has 0 aliphatic rings. The van der Waals surface area contributed by atoms with E-state index in [0.717, 1.165) is 10.4 Å². The molecule has 1 unspecified atom stereocenters. The minimum atomic E-state index is -2.92. The molecule has 1 amide bonds. The monoisotopic (exact) mass is 385 g/mol. The van der Waals surface area contributed by atoms with Crippen molar-refractivity contribution >= 4 is 23.3 Å². The molecule has 3 rings (SSSR count). The van der Waals surface area contributed by atoms with Crippen LogP contribution in [0.4, 0.5) is 8.78 Å². The number of halogens is 2. The third kappa shape index (κ3) is 5.24. The SMILES string of the molecule is O=C(/C=C/c1ccccc1OC(F)F)NC(c1ccccc1)c1cccs1. The van der Waals surface area contributed by atoms with Crippen LogP contribution in [0.5, 0.6) is 5.75 Å². The summed E-state index contributed by atoms with van der Waals surface area (Å²) < 4.78 is 29.5. The molecule has 2 aromatic carbocycles. The fourth-order valence-electron chi connectivity index (χ4n) is 2.60. The number of ether oxygens (including phenoxy) is 1. The summed E-state index contributed by atoms with van der Waals surface area (Å²) in [6, 6.07) is 19.6. The van der Waals surface area contributed by atoms with Crippen LogP contribution < -0.4 is 10.1 Å². The van der Waals surface area contributed by atoms with Gasteiger partial charge in [0.2, 0.25) is 5.91 Å². The third-order valence-electron chi connectivity index (χ3n) is 3.80. The van der Waals surface area contributed by atoms with E-state index in [4.69, 9.17) is 0 Å². The Bertz CT molecular complexity index is 896. The number of thiophene rings is 1. The highest BCUT2D eigenvalue weighted by Crippen LogP contribution is 2.26. The molecule has 0 radical (unpaired) electrons. The van der Waals surface area contributed by atoms with Gasteiger partial charge in [-0.1, -0.05) is 54.6 Å². The van der Waals surface area contributed by atoms with E-state index in [-0.39, 0.29) is 17.7 Å². The van der Waals surface area contributed by atoms with Gasteiger partial charge >= 0.3 is 6.61 Å². The minimum absolute atomic E-state index is 0.0226. The Labute approximate surface area is 159 Å². The lowest BCUT2D eigenvalue weighted by Gasteiger charge is -2.17. The number of amides is 1. The molecule has 0 spiro atoms. The van der Waals surface area contributed by atoms with Gasteiger partial charge in [0.05, 0.1) is 6.04 Å². The zero-order valence-corrected chi connectivity index (χ0v) is 15.0. The van der Waals surface area contributed by atoms with E-state index in [1.807, 2.05) is 47.8 Å². The summed E-state index contributed by atoms with van der Waals surface area (Å²) >= 11 is 1.55. The predicted octanol–water partition coefficient (Wildman–Crippen LogP) is 5.27. The zero-order chi connectivity index (χ0) is 19.1. The lowest BCUT2D eigenvalue weighted by atomic mass is 10.1. The highest BCUT2D eigenvalue weighted by atomic mass is 32.1. The highest BCUT2D eigenvalue weighted by molar-refractivity contribution is 7.10. The first kappa shape index (κ1) is 18.8. The Kier molecular flexibility index (Phi) is 6.33. The van der Waals surface area contributed by atoms with Crippen LogP contribution in [0.25, 0.3) is 6.08 Å². The molecule has 0 saturated heterocycles. The highest BCUT2D eigenvalue weighted by Gasteiger charge is 2.16. The number of hydrogen-bond donors (Lipinski definition) is 1. The number of alkyl halides is 2.